The van der Waals surface area contributed by atoms with Crippen LogP contribution in [0, 0.1) is 26.7 Å². The minimum absolute atomic E-state index is 0.0886. The number of nitrogens with one attached hydrogen (secondary N) is 1. The Morgan fingerprint density at radius 1 is 1.12 bits per heavy atom. The van der Waals surface area contributed by atoms with Crippen molar-refractivity contribution in [3.8, 4) is 0 Å². The van der Waals surface area contributed by atoms with Gasteiger partial charge in [-0.2, -0.15) is 0 Å². The summed E-state index contributed by atoms with van der Waals surface area (Å²) in [5.41, 5.74) is 5.70. The summed E-state index contributed by atoms with van der Waals surface area (Å²) in [5, 5.41) is 3.95. The number of rotatable bonds is 4. The zero-order valence-electron chi connectivity index (χ0n) is 15.8. The molecule has 26 heavy (non-hydrogen) atoms. The fraction of sp³-hybridized carbons (Fsp3) is 0.409. The van der Waals surface area contributed by atoms with Crippen molar-refractivity contribution in [3.63, 3.8) is 0 Å². The Kier molecular flexibility index (Phi) is 6.00. The van der Waals surface area contributed by atoms with Crippen molar-refractivity contribution in [2.75, 3.05) is 18.4 Å². The van der Waals surface area contributed by atoms with E-state index in [1.54, 1.807) is 0 Å². The van der Waals surface area contributed by atoms with Gasteiger partial charge in [-0.25, -0.2) is 0 Å². The Hall–Kier alpha value is -1.84. The molecular weight excluding hydrogens is 344 g/mol. The highest BCUT2D eigenvalue weighted by molar-refractivity contribution is 6.30. The summed E-state index contributed by atoms with van der Waals surface area (Å²) >= 11 is 6.07. The van der Waals surface area contributed by atoms with Gasteiger partial charge >= 0.3 is 0 Å². The van der Waals surface area contributed by atoms with E-state index in [0.29, 0.717) is 0 Å². The number of halogens is 1. The Morgan fingerprint density at radius 3 is 2.38 bits per heavy atom. The van der Waals surface area contributed by atoms with Crippen LogP contribution in [0.3, 0.4) is 0 Å². The van der Waals surface area contributed by atoms with Crippen molar-refractivity contribution in [1.29, 1.82) is 0 Å². The molecule has 1 fully saturated rings. The fourth-order valence-electron chi connectivity index (χ4n) is 3.85. The maximum Gasteiger partial charge on any atom is 0.227 e. The molecule has 0 radical (unpaired) electrons. The SMILES string of the molecule is Cc1cc(C)c(NC(=O)C2CCN(Cc3cccc(Cl)c3)CC2)c(C)c1. The van der Waals surface area contributed by atoms with Crippen LogP contribution in [0.15, 0.2) is 36.4 Å². The Bertz CT molecular complexity index is 771. The highest BCUT2D eigenvalue weighted by Gasteiger charge is 2.25. The molecule has 0 saturated carbocycles. The maximum atomic E-state index is 12.7. The van der Waals surface area contributed by atoms with Crippen molar-refractivity contribution in [1.82, 2.24) is 4.90 Å². The second-order valence-corrected chi connectivity index (χ2v) is 7.88. The molecule has 0 aromatic heterocycles. The predicted octanol–water partition coefficient (Wildman–Crippen LogP) is 5.12. The normalized spacial score (nSPS) is 15.8. The average Bonchev–Trinajstić information content (AvgIpc) is 2.58. The zero-order valence-corrected chi connectivity index (χ0v) is 16.6. The van der Waals surface area contributed by atoms with Gasteiger partial charge in [0, 0.05) is 23.2 Å². The number of carbonyl (C=O) groups is 1. The first-order valence-corrected chi connectivity index (χ1v) is 9.65. The molecule has 1 aliphatic heterocycles. The van der Waals surface area contributed by atoms with E-state index >= 15 is 0 Å². The number of aryl methyl sites for hydroxylation is 3. The molecule has 1 aliphatic rings. The first-order valence-electron chi connectivity index (χ1n) is 9.28. The van der Waals surface area contributed by atoms with E-state index in [1.807, 2.05) is 18.2 Å². The first kappa shape index (κ1) is 18.9. The number of piperidine rings is 1. The third-order valence-electron chi connectivity index (χ3n) is 5.18. The zero-order chi connectivity index (χ0) is 18.7. The van der Waals surface area contributed by atoms with E-state index in [-0.39, 0.29) is 11.8 Å². The lowest BCUT2D eigenvalue weighted by Crippen LogP contribution is -2.37. The van der Waals surface area contributed by atoms with Gasteiger partial charge in [0.25, 0.3) is 0 Å². The molecule has 4 heteroatoms. The largest absolute Gasteiger partial charge is 0.325 e. The van der Waals surface area contributed by atoms with E-state index in [2.05, 4.69) is 49.2 Å². The van der Waals surface area contributed by atoms with Gasteiger partial charge in [0.15, 0.2) is 0 Å². The molecule has 0 aliphatic carbocycles. The quantitative estimate of drug-likeness (QED) is 0.810. The fourth-order valence-corrected chi connectivity index (χ4v) is 4.06. The lowest BCUT2D eigenvalue weighted by molar-refractivity contribution is -0.121. The second kappa shape index (κ2) is 8.24. The topological polar surface area (TPSA) is 32.3 Å². The van der Waals surface area contributed by atoms with Crippen molar-refractivity contribution in [2.45, 2.75) is 40.2 Å². The number of benzene rings is 2. The van der Waals surface area contributed by atoms with Crippen molar-refractivity contribution < 1.29 is 4.79 Å². The molecule has 1 heterocycles. The van der Waals surface area contributed by atoms with E-state index in [1.165, 1.54) is 11.1 Å². The van der Waals surface area contributed by atoms with E-state index in [9.17, 15) is 4.79 Å². The standard InChI is InChI=1S/C22H27ClN2O/c1-15-11-16(2)21(17(3)12-15)24-22(26)19-7-9-25(10-8-19)14-18-5-4-6-20(23)13-18/h4-6,11-13,19H,7-10,14H2,1-3H3,(H,24,26). The molecule has 0 bridgehead atoms. The molecule has 1 amide bonds. The number of amides is 1. The minimum atomic E-state index is 0.0886. The summed E-state index contributed by atoms with van der Waals surface area (Å²) in [6.07, 6.45) is 1.80. The van der Waals surface area contributed by atoms with Crippen LogP contribution in [0.1, 0.15) is 35.1 Å². The average molecular weight is 371 g/mol. The van der Waals surface area contributed by atoms with Gasteiger partial charge < -0.3 is 5.32 Å². The van der Waals surface area contributed by atoms with Gasteiger partial charge in [-0.15, -0.1) is 0 Å². The van der Waals surface area contributed by atoms with Gasteiger partial charge in [-0.1, -0.05) is 41.4 Å². The highest BCUT2D eigenvalue weighted by Crippen LogP contribution is 2.25. The minimum Gasteiger partial charge on any atom is -0.325 e. The van der Waals surface area contributed by atoms with Crippen molar-refractivity contribution in [3.05, 3.63) is 63.7 Å². The lowest BCUT2D eigenvalue weighted by Gasteiger charge is -2.31. The monoisotopic (exact) mass is 370 g/mol. The van der Waals surface area contributed by atoms with E-state index < -0.39 is 0 Å². The van der Waals surface area contributed by atoms with Crippen LogP contribution in [-0.2, 0) is 11.3 Å². The summed E-state index contributed by atoms with van der Waals surface area (Å²) in [7, 11) is 0. The molecule has 1 N–H and O–H groups in total. The lowest BCUT2D eigenvalue weighted by atomic mass is 9.95. The van der Waals surface area contributed by atoms with Crippen LogP contribution < -0.4 is 5.32 Å². The van der Waals surface area contributed by atoms with Gasteiger partial charge in [0.2, 0.25) is 5.91 Å². The Labute approximate surface area is 161 Å². The van der Waals surface area contributed by atoms with Crippen LogP contribution in [0.4, 0.5) is 5.69 Å². The third kappa shape index (κ3) is 4.66. The van der Waals surface area contributed by atoms with Gasteiger partial charge in [0.1, 0.15) is 0 Å². The van der Waals surface area contributed by atoms with Crippen molar-refractivity contribution in [2.24, 2.45) is 5.92 Å². The number of hydrogen-bond acceptors (Lipinski definition) is 2. The summed E-state index contributed by atoms with van der Waals surface area (Å²) < 4.78 is 0. The Balaban J connectivity index is 1.55. The molecule has 138 valence electrons. The molecule has 1 saturated heterocycles. The summed E-state index contributed by atoms with van der Waals surface area (Å²) in [6, 6.07) is 12.3. The number of carbonyl (C=O) groups excluding carboxylic acids is 1. The van der Waals surface area contributed by atoms with Gasteiger partial charge in [-0.3, -0.25) is 9.69 Å². The van der Waals surface area contributed by atoms with Crippen molar-refractivity contribution >= 4 is 23.2 Å². The summed E-state index contributed by atoms with van der Waals surface area (Å²) in [4.78, 5) is 15.1. The molecular formula is C22H27ClN2O. The van der Waals surface area contributed by atoms with E-state index in [4.69, 9.17) is 11.6 Å². The van der Waals surface area contributed by atoms with Crippen LogP contribution in [0.2, 0.25) is 5.02 Å². The van der Waals surface area contributed by atoms with Crippen LogP contribution in [-0.4, -0.2) is 23.9 Å². The van der Waals surface area contributed by atoms with Gasteiger partial charge in [0.05, 0.1) is 0 Å². The molecule has 2 aromatic carbocycles. The maximum absolute atomic E-state index is 12.7. The highest BCUT2D eigenvalue weighted by atomic mass is 35.5. The van der Waals surface area contributed by atoms with Crippen LogP contribution in [0.25, 0.3) is 0 Å². The molecule has 3 rings (SSSR count). The number of anilines is 1. The number of nitrogens with zero attached hydrogens (tertiary/aromatic N) is 1. The number of likely N-dealkylation sites (tertiary alicyclic amines) is 1. The summed E-state index contributed by atoms with van der Waals surface area (Å²) in [6.45, 7) is 8.98. The predicted molar refractivity (Wildman–Crippen MR) is 109 cm³/mol. The summed E-state index contributed by atoms with van der Waals surface area (Å²) in [5.74, 6) is 0.244. The molecule has 2 aromatic rings. The number of hydrogen-bond donors (Lipinski definition) is 1. The second-order valence-electron chi connectivity index (χ2n) is 7.44. The first-order chi connectivity index (χ1) is 12.4. The Morgan fingerprint density at radius 2 is 1.77 bits per heavy atom. The van der Waals surface area contributed by atoms with Crippen LogP contribution >= 0.6 is 11.6 Å². The van der Waals surface area contributed by atoms with E-state index in [0.717, 1.165) is 54.3 Å². The molecule has 3 nitrogen and oxygen atoms in total. The molecule has 0 atom stereocenters. The molecule has 0 unspecified atom stereocenters. The van der Waals surface area contributed by atoms with Gasteiger partial charge in [-0.05, 0) is 75.5 Å². The molecule has 0 spiro atoms. The van der Waals surface area contributed by atoms with Crippen LogP contribution in [0.5, 0.6) is 0 Å². The third-order valence-corrected chi connectivity index (χ3v) is 5.41. The smallest absolute Gasteiger partial charge is 0.227 e.